The standard InChI is InChI=1S/C17H21ClN4/c18-15-6-4-14(5-7-15)8-10-19-16-9-11-20-17(21-16)22-12-2-1-3-13-22/h4-7,9,11H,1-3,8,10,12-13H2,(H,19,20,21). The summed E-state index contributed by atoms with van der Waals surface area (Å²) in [5.74, 6) is 1.74. The van der Waals surface area contributed by atoms with E-state index in [9.17, 15) is 0 Å². The van der Waals surface area contributed by atoms with Gasteiger partial charge in [0.05, 0.1) is 0 Å². The van der Waals surface area contributed by atoms with Gasteiger partial charge in [-0.15, -0.1) is 0 Å². The summed E-state index contributed by atoms with van der Waals surface area (Å²) in [6.07, 6.45) is 6.56. The van der Waals surface area contributed by atoms with Gasteiger partial charge in [-0.05, 0) is 49.4 Å². The van der Waals surface area contributed by atoms with Gasteiger partial charge in [0.2, 0.25) is 5.95 Å². The van der Waals surface area contributed by atoms with Crippen LogP contribution in [-0.2, 0) is 6.42 Å². The first kappa shape index (κ1) is 15.1. The molecule has 4 nitrogen and oxygen atoms in total. The van der Waals surface area contributed by atoms with Crippen LogP contribution in [0.15, 0.2) is 36.5 Å². The molecule has 1 saturated heterocycles. The highest BCUT2D eigenvalue weighted by Crippen LogP contribution is 2.17. The third-order valence-electron chi connectivity index (χ3n) is 3.91. The summed E-state index contributed by atoms with van der Waals surface area (Å²) >= 11 is 5.90. The maximum absolute atomic E-state index is 5.90. The van der Waals surface area contributed by atoms with Crippen molar-refractivity contribution in [2.45, 2.75) is 25.7 Å². The van der Waals surface area contributed by atoms with E-state index in [1.807, 2.05) is 24.4 Å². The molecule has 5 heteroatoms. The molecule has 1 aliphatic heterocycles. The van der Waals surface area contributed by atoms with Gasteiger partial charge in [-0.1, -0.05) is 23.7 Å². The minimum absolute atomic E-state index is 0.777. The van der Waals surface area contributed by atoms with Gasteiger partial charge in [-0.2, -0.15) is 4.98 Å². The normalized spacial score (nSPS) is 14.9. The van der Waals surface area contributed by atoms with Crippen molar-refractivity contribution in [3.05, 3.63) is 47.1 Å². The van der Waals surface area contributed by atoms with Crippen LogP contribution < -0.4 is 10.2 Å². The van der Waals surface area contributed by atoms with E-state index in [0.29, 0.717) is 0 Å². The van der Waals surface area contributed by atoms with E-state index in [1.54, 1.807) is 0 Å². The predicted molar refractivity (Wildman–Crippen MR) is 91.7 cm³/mol. The van der Waals surface area contributed by atoms with Gasteiger partial charge in [-0.3, -0.25) is 0 Å². The van der Waals surface area contributed by atoms with Gasteiger partial charge >= 0.3 is 0 Å². The molecule has 0 bridgehead atoms. The highest BCUT2D eigenvalue weighted by molar-refractivity contribution is 6.30. The van der Waals surface area contributed by atoms with Crippen LogP contribution >= 0.6 is 11.6 Å². The van der Waals surface area contributed by atoms with Gasteiger partial charge in [0.25, 0.3) is 0 Å². The van der Waals surface area contributed by atoms with Crippen molar-refractivity contribution in [1.82, 2.24) is 9.97 Å². The molecule has 22 heavy (non-hydrogen) atoms. The topological polar surface area (TPSA) is 41.1 Å². The van der Waals surface area contributed by atoms with Gasteiger partial charge in [0.1, 0.15) is 5.82 Å². The number of nitrogens with zero attached hydrogens (tertiary/aromatic N) is 3. The fourth-order valence-corrected chi connectivity index (χ4v) is 2.81. The van der Waals surface area contributed by atoms with Crippen molar-refractivity contribution in [2.75, 3.05) is 29.9 Å². The number of aromatic nitrogens is 2. The molecule has 0 spiro atoms. The zero-order valence-corrected chi connectivity index (χ0v) is 13.4. The van der Waals surface area contributed by atoms with Crippen LogP contribution in [0.3, 0.4) is 0 Å². The van der Waals surface area contributed by atoms with Crippen molar-refractivity contribution < 1.29 is 0 Å². The highest BCUT2D eigenvalue weighted by Gasteiger charge is 2.13. The van der Waals surface area contributed by atoms with Crippen molar-refractivity contribution in [3.63, 3.8) is 0 Å². The molecule has 0 unspecified atom stereocenters. The van der Waals surface area contributed by atoms with Gasteiger partial charge in [0, 0.05) is 30.9 Å². The van der Waals surface area contributed by atoms with Crippen LogP contribution in [0.5, 0.6) is 0 Å². The van der Waals surface area contributed by atoms with E-state index in [0.717, 1.165) is 42.8 Å². The van der Waals surface area contributed by atoms with Crippen molar-refractivity contribution in [3.8, 4) is 0 Å². The molecule has 1 aromatic carbocycles. The minimum Gasteiger partial charge on any atom is -0.370 e. The SMILES string of the molecule is Clc1ccc(CCNc2ccnc(N3CCCCC3)n2)cc1. The largest absolute Gasteiger partial charge is 0.370 e. The zero-order chi connectivity index (χ0) is 15.2. The second kappa shape index (κ2) is 7.45. The Hall–Kier alpha value is -1.81. The first-order chi connectivity index (χ1) is 10.8. The van der Waals surface area contributed by atoms with Crippen LogP contribution in [0.2, 0.25) is 5.02 Å². The average Bonchev–Trinajstić information content (AvgIpc) is 2.58. The summed E-state index contributed by atoms with van der Waals surface area (Å²) in [5.41, 5.74) is 1.27. The predicted octanol–water partition coefficient (Wildman–Crippen LogP) is 3.77. The molecule has 0 aliphatic carbocycles. The van der Waals surface area contributed by atoms with Gasteiger partial charge in [-0.25, -0.2) is 4.98 Å². The Bertz CT molecular complexity index is 594. The maximum Gasteiger partial charge on any atom is 0.227 e. The molecule has 0 saturated carbocycles. The Labute approximate surface area is 136 Å². The number of nitrogens with one attached hydrogen (secondary N) is 1. The third kappa shape index (κ3) is 4.10. The fourth-order valence-electron chi connectivity index (χ4n) is 2.68. The van der Waals surface area contributed by atoms with Crippen LogP contribution in [-0.4, -0.2) is 29.6 Å². The minimum atomic E-state index is 0.777. The summed E-state index contributed by atoms with van der Waals surface area (Å²) in [6.45, 7) is 2.97. The highest BCUT2D eigenvalue weighted by atomic mass is 35.5. The summed E-state index contributed by atoms with van der Waals surface area (Å²) in [5, 5.41) is 4.15. The average molecular weight is 317 g/mol. The molecule has 1 N–H and O–H groups in total. The molecule has 0 radical (unpaired) electrons. The molecule has 1 aromatic heterocycles. The Morgan fingerprint density at radius 3 is 2.59 bits per heavy atom. The van der Waals surface area contributed by atoms with Gasteiger partial charge in [0.15, 0.2) is 0 Å². The molecule has 2 aromatic rings. The summed E-state index contributed by atoms with van der Waals surface area (Å²) in [7, 11) is 0. The summed E-state index contributed by atoms with van der Waals surface area (Å²) in [4.78, 5) is 11.3. The number of piperidine rings is 1. The quantitative estimate of drug-likeness (QED) is 0.911. The molecule has 2 heterocycles. The van der Waals surface area contributed by atoms with Crippen molar-refractivity contribution >= 4 is 23.4 Å². The number of benzene rings is 1. The van der Waals surface area contributed by atoms with Crippen molar-refractivity contribution in [1.29, 1.82) is 0 Å². The van der Waals surface area contributed by atoms with E-state index in [1.165, 1.54) is 24.8 Å². The maximum atomic E-state index is 5.90. The van der Waals surface area contributed by atoms with Crippen LogP contribution in [0, 0.1) is 0 Å². The van der Waals surface area contributed by atoms with Crippen LogP contribution in [0.4, 0.5) is 11.8 Å². The lowest BCUT2D eigenvalue weighted by atomic mass is 10.1. The Morgan fingerprint density at radius 2 is 1.82 bits per heavy atom. The molecule has 3 rings (SSSR count). The van der Waals surface area contributed by atoms with Crippen molar-refractivity contribution in [2.24, 2.45) is 0 Å². The lowest BCUT2D eigenvalue weighted by molar-refractivity contribution is 0.568. The van der Waals surface area contributed by atoms with E-state index in [2.05, 4.69) is 32.3 Å². The van der Waals surface area contributed by atoms with Gasteiger partial charge < -0.3 is 10.2 Å². The first-order valence-corrected chi connectivity index (χ1v) is 8.25. The molecular formula is C17H21ClN4. The molecule has 1 fully saturated rings. The smallest absolute Gasteiger partial charge is 0.227 e. The lowest BCUT2D eigenvalue weighted by Crippen LogP contribution is -2.31. The summed E-state index contributed by atoms with van der Waals surface area (Å²) < 4.78 is 0. The van der Waals surface area contributed by atoms with Crippen LogP contribution in [0.1, 0.15) is 24.8 Å². The molecule has 116 valence electrons. The number of hydrogen-bond donors (Lipinski definition) is 1. The number of anilines is 2. The number of hydrogen-bond acceptors (Lipinski definition) is 4. The monoisotopic (exact) mass is 316 g/mol. The zero-order valence-electron chi connectivity index (χ0n) is 12.6. The Kier molecular flexibility index (Phi) is 5.11. The molecule has 0 amide bonds. The molecule has 1 aliphatic rings. The molecular weight excluding hydrogens is 296 g/mol. The fraction of sp³-hybridized carbons (Fsp3) is 0.412. The second-order valence-electron chi connectivity index (χ2n) is 5.59. The van der Waals surface area contributed by atoms with E-state index in [-0.39, 0.29) is 0 Å². The third-order valence-corrected chi connectivity index (χ3v) is 4.17. The molecule has 0 atom stereocenters. The number of halogens is 1. The van der Waals surface area contributed by atoms with E-state index >= 15 is 0 Å². The number of rotatable bonds is 5. The lowest BCUT2D eigenvalue weighted by Gasteiger charge is -2.26. The summed E-state index contributed by atoms with van der Waals surface area (Å²) in [6, 6.07) is 9.90. The first-order valence-electron chi connectivity index (χ1n) is 7.87. The van der Waals surface area contributed by atoms with Crippen LogP contribution in [0.25, 0.3) is 0 Å². The Balaban J connectivity index is 1.55. The second-order valence-corrected chi connectivity index (χ2v) is 6.03. The van der Waals surface area contributed by atoms with E-state index in [4.69, 9.17) is 11.6 Å². The Morgan fingerprint density at radius 1 is 1.05 bits per heavy atom. The van der Waals surface area contributed by atoms with E-state index < -0.39 is 0 Å².